The third-order valence-corrected chi connectivity index (χ3v) is 2.41. The van der Waals surface area contributed by atoms with E-state index in [-0.39, 0.29) is 24.5 Å². The lowest BCUT2D eigenvalue weighted by molar-refractivity contribution is 0.0948. The van der Waals surface area contributed by atoms with Crippen LogP contribution in [0.15, 0.2) is 10.7 Å². The Morgan fingerprint density at radius 3 is 2.40 bits per heavy atom. The first-order chi connectivity index (χ1) is 9.63. The quantitative estimate of drug-likeness (QED) is 0.820. The Balaban J connectivity index is 2.07. The summed E-state index contributed by atoms with van der Waals surface area (Å²) in [6.07, 6.45) is 1.35. The lowest BCUT2D eigenvalue weighted by Crippen LogP contribution is -2.24. The molecular weight excluding hydrogens is 266 g/mol. The number of nitrogens with one attached hydrogen (secondary N) is 1. The molecule has 20 heavy (non-hydrogen) atoms. The molecule has 0 radical (unpaired) electrons. The fourth-order valence-electron chi connectivity index (χ4n) is 1.41. The van der Waals surface area contributed by atoms with E-state index in [9.17, 15) is 4.79 Å². The highest BCUT2D eigenvalue weighted by molar-refractivity contribution is 5.94. The Hall–Kier alpha value is -2.71. The molecule has 9 nitrogen and oxygen atoms in total. The maximum atomic E-state index is 11.9. The summed E-state index contributed by atoms with van der Waals surface area (Å²) in [5.41, 5.74) is 0.359. The Morgan fingerprint density at radius 1 is 1.25 bits per heavy atom. The molecule has 0 aliphatic rings. The molecular formula is C11H13N5O4. The molecule has 0 fully saturated rings. The van der Waals surface area contributed by atoms with Crippen LogP contribution in [0.5, 0.6) is 12.0 Å². The van der Waals surface area contributed by atoms with Crippen molar-refractivity contribution in [3.63, 3.8) is 0 Å². The molecule has 1 amide bonds. The van der Waals surface area contributed by atoms with Crippen molar-refractivity contribution < 1.29 is 18.8 Å². The van der Waals surface area contributed by atoms with Gasteiger partial charge >= 0.3 is 12.0 Å². The SMILES string of the molecule is COc1nc(CNC(=O)c2cnoc2C)nc(OC)n1. The Kier molecular flexibility index (Phi) is 4.08. The molecule has 9 heteroatoms. The van der Waals surface area contributed by atoms with Crippen LogP contribution in [0.25, 0.3) is 0 Å². The van der Waals surface area contributed by atoms with E-state index in [0.29, 0.717) is 17.1 Å². The summed E-state index contributed by atoms with van der Waals surface area (Å²) in [4.78, 5) is 23.7. The number of methoxy groups -OCH3 is 2. The second-order valence-electron chi connectivity index (χ2n) is 3.70. The van der Waals surface area contributed by atoms with E-state index in [1.807, 2.05) is 0 Å². The van der Waals surface area contributed by atoms with Crippen LogP contribution in [0.4, 0.5) is 0 Å². The third-order valence-electron chi connectivity index (χ3n) is 2.41. The van der Waals surface area contributed by atoms with Gasteiger partial charge in [-0.2, -0.15) is 9.97 Å². The number of rotatable bonds is 5. The smallest absolute Gasteiger partial charge is 0.322 e. The van der Waals surface area contributed by atoms with Crippen molar-refractivity contribution in [3.05, 3.63) is 23.3 Å². The summed E-state index contributed by atoms with van der Waals surface area (Å²) in [6, 6.07) is 0.226. The Morgan fingerprint density at radius 2 is 1.90 bits per heavy atom. The Labute approximate surface area is 114 Å². The van der Waals surface area contributed by atoms with Gasteiger partial charge in [0.05, 0.1) is 27.0 Å². The molecule has 0 saturated carbocycles. The fourth-order valence-corrected chi connectivity index (χ4v) is 1.41. The van der Waals surface area contributed by atoms with Crippen LogP contribution in [-0.4, -0.2) is 40.2 Å². The van der Waals surface area contributed by atoms with Crippen molar-refractivity contribution in [3.8, 4) is 12.0 Å². The highest BCUT2D eigenvalue weighted by Crippen LogP contribution is 2.09. The topological polar surface area (TPSA) is 112 Å². The lowest BCUT2D eigenvalue weighted by Gasteiger charge is -2.06. The molecule has 0 aromatic carbocycles. The van der Waals surface area contributed by atoms with Crippen molar-refractivity contribution in [2.24, 2.45) is 0 Å². The summed E-state index contributed by atoms with van der Waals surface area (Å²) < 4.78 is 14.6. The lowest BCUT2D eigenvalue weighted by atomic mass is 10.2. The van der Waals surface area contributed by atoms with Crippen molar-refractivity contribution in [1.82, 2.24) is 25.4 Å². The number of hydrogen-bond acceptors (Lipinski definition) is 8. The van der Waals surface area contributed by atoms with E-state index in [2.05, 4.69) is 25.4 Å². The molecule has 2 aromatic heterocycles. The highest BCUT2D eigenvalue weighted by Gasteiger charge is 2.14. The maximum Gasteiger partial charge on any atom is 0.322 e. The third kappa shape index (κ3) is 2.99. The largest absolute Gasteiger partial charge is 0.467 e. The van der Waals surface area contributed by atoms with Crippen LogP contribution in [0.1, 0.15) is 21.9 Å². The molecule has 0 unspecified atom stereocenters. The van der Waals surface area contributed by atoms with Gasteiger partial charge in [0.1, 0.15) is 11.3 Å². The molecule has 0 spiro atoms. The number of nitrogens with zero attached hydrogens (tertiary/aromatic N) is 4. The first-order valence-corrected chi connectivity index (χ1v) is 5.66. The molecule has 0 aliphatic heterocycles. The minimum Gasteiger partial charge on any atom is -0.467 e. The molecule has 0 bridgehead atoms. The molecule has 2 rings (SSSR count). The summed E-state index contributed by atoms with van der Waals surface area (Å²) in [6.45, 7) is 1.75. The summed E-state index contributed by atoms with van der Waals surface area (Å²) in [5.74, 6) is 0.423. The number of aryl methyl sites for hydroxylation is 1. The normalized spacial score (nSPS) is 10.2. The van der Waals surface area contributed by atoms with Gasteiger partial charge in [-0.15, -0.1) is 4.98 Å². The van der Waals surface area contributed by atoms with Crippen molar-refractivity contribution in [2.45, 2.75) is 13.5 Å². The van der Waals surface area contributed by atoms with Gasteiger partial charge in [0.15, 0.2) is 5.82 Å². The van der Waals surface area contributed by atoms with Crippen LogP contribution < -0.4 is 14.8 Å². The molecule has 0 saturated heterocycles. The zero-order chi connectivity index (χ0) is 14.5. The molecule has 1 N–H and O–H groups in total. The van der Waals surface area contributed by atoms with Gasteiger partial charge in [0, 0.05) is 0 Å². The van der Waals surface area contributed by atoms with Gasteiger partial charge in [-0.05, 0) is 6.92 Å². The number of carbonyl (C=O) groups excluding carboxylic acids is 1. The number of hydrogen-bond donors (Lipinski definition) is 1. The van der Waals surface area contributed by atoms with Crippen LogP contribution >= 0.6 is 0 Å². The van der Waals surface area contributed by atoms with Crippen LogP contribution in [0, 0.1) is 6.92 Å². The second-order valence-corrected chi connectivity index (χ2v) is 3.70. The molecule has 0 aliphatic carbocycles. The fraction of sp³-hybridized carbons (Fsp3) is 0.364. The first-order valence-electron chi connectivity index (χ1n) is 5.66. The average Bonchev–Trinajstić information content (AvgIpc) is 2.90. The van der Waals surface area contributed by atoms with Crippen molar-refractivity contribution >= 4 is 5.91 Å². The predicted octanol–water partition coefficient (Wildman–Crippen LogP) is 0.115. The molecule has 2 heterocycles. The van der Waals surface area contributed by atoms with Crippen molar-refractivity contribution in [1.29, 1.82) is 0 Å². The van der Waals surface area contributed by atoms with E-state index in [1.165, 1.54) is 20.4 Å². The summed E-state index contributed by atoms with van der Waals surface area (Å²) >= 11 is 0. The van der Waals surface area contributed by atoms with Gasteiger partial charge in [-0.3, -0.25) is 4.79 Å². The van der Waals surface area contributed by atoms with Crippen molar-refractivity contribution in [2.75, 3.05) is 14.2 Å². The number of ether oxygens (including phenoxy) is 2. The average molecular weight is 279 g/mol. The highest BCUT2D eigenvalue weighted by atomic mass is 16.5. The van der Waals surface area contributed by atoms with Crippen LogP contribution in [-0.2, 0) is 6.54 Å². The molecule has 2 aromatic rings. The van der Waals surface area contributed by atoms with Crippen LogP contribution in [0.2, 0.25) is 0 Å². The predicted molar refractivity (Wildman–Crippen MR) is 65.3 cm³/mol. The van der Waals surface area contributed by atoms with Gasteiger partial charge in [0.25, 0.3) is 5.91 Å². The number of amides is 1. The molecule has 0 atom stereocenters. The van der Waals surface area contributed by atoms with E-state index >= 15 is 0 Å². The monoisotopic (exact) mass is 279 g/mol. The standard InChI is InChI=1S/C11H13N5O4/c1-6-7(4-13-20-6)9(17)12-5-8-14-10(18-2)16-11(15-8)19-3/h4H,5H2,1-3H3,(H,12,17). The van der Waals surface area contributed by atoms with Gasteiger partial charge in [-0.25, -0.2) is 0 Å². The number of carbonyl (C=O) groups is 1. The minimum absolute atomic E-state index is 0.0959. The molecule has 106 valence electrons. The minimum atomic E-state index is -0.331. The summed E-state index contributed by atoms with van der Waals surface area (Å²) in [7, 11) is 2.86. The van der Waals surface area contributed by atoms with E-state index in [0.717, 1.165) is 0 Å². The van der Waals surface area contributed by atoms with Gasteiger partial charge in [0.2, 0.25) is 0 Å². The summed E-state index contributed by atoms with van der Waals surface area (Å²) in [5, 5.41) is 6.18. The maximum absolute atomic E-state index is 11.9. The van der Waals surface area contributed by atoms with Gasteiger partial charge in [-0.1, -0.05) is 5.16 Å². The van der Waals surface area contributed by atoms with E-state index < -0.39 is 0 Å². The van der Waals surface area contributed by atoms with E-state index in [4.69, 9.17) is 14.0 Å². The number of aromatic nitrogens is 4. The van der Waals surface area contributed by atoms with Gasteiger partial charge < -0.3 is 19.3 Å². The Bertz CT molecular complexity index is 590. The van der Waals surface area contributed by atoms with Crippen LogP contribution in [0.3, 0.4) is 0 Å². The van der Waals surface area contributed by atoms with E-state index in [1.54, 1.807) is 6.92 Å². The zero-order valence-corrected chi connectivity index (χ0v) is 11.2. The second kappa shape index (κ2) is 5.95. The zero-order valence-electron chi connectivity index (χ0n) is 11.2. The first kappa shape index (κ1) is 13.7.